The summed E-state index contributed by atoms with van der Waals surface area (Å²) in [6.07, 6.45) is 3.00. The molecule has 0 spiro atoms. The summed E-state index contributed by atoms with van der Waals surface area (Å²) in [5.74, 6) is -0.479. The number of esters is 1. The number of rotatable bonds is 3. The largest absolute Gasteiger partial charge is 0.464 e. The Morgan fingerprint density at radius 1 is 1.24 bits per heavy atom. The van der Waals surface area contributed by atoms with E-state index in [9.17, 15) is 4.79 Å². The molecule has 2 aromatic rings. The highest BCUT2D eigenvalue weighted by Crippen LogP contribution is 2.24. The summed E-state index contributed by atoms with van der Waals surface area (Å²) < 4.78 is 4.59. The zero-order chi connectivity index (χ0) is 12.1. The van der Waals surface area contributed by atoms with Crippen LogP contribution >= 0.6 is 11.8 Å². The molecule has 0 fully saturated rings. The molecule has 0 radical (unpaired) electrons. The molecule has 0 saturated carbocycles. The molecular formula is C12H10N2O2S. The summed E-state index contributed by atoms with van der Waals surface area (Å²) in [6, 6.07) is 9.77. The van der Waals surface area contributed by atoms with E-state index in [0.717, 1.165) is 4.90 Å². The minimum absolute atomic E-state index is 0.216. The van der Waals surface area contributed by atoms with Crippen LogP contribution in [0.15, 0.2) is 52.6 Å². The van der Waals surface area contributed by atoms with Crippen molar-refractivity contribution < 1.29 is 9.53 Å². The predicted octanol–water partition coefficient (Wildman–Crippen LogP) is 2.41. The molecule has 5 heteroatoms. The summed E-state index contributed by atoms with van der Waals surface area (Å²) in [6.45, 7) is 0. The Labute approximate surface area is 103 Å². The molecule has 4 nitrogen and oxygen atoms in total. The zero-order valence-electron chi connectivity index (χ0n) is 9.16. The second-order valence-electron chi connectivity index (χ2n) is 3.15. The van der Waals surface area contributed by atoms with E-state index in [2.05, 4.69) is 14.7 Å². The Morgan fingerprint density at radius 2 is 2.00 bits per heavy atom. The van der Waals surface area contributed by atoms with Crippen LogP contribution in [0, 0.1) is 0 Å². The molecule has 17 heavy (non-hydrogen) atoms. The lowest BCUT2D eigenvalue weighted by molar-refractivity contribution is 0.0592. The third-order valence-electron chi connectivity index (χ3n) is 1.97. The SMILES string of the molecule is COC(=O)c1cncc(Sc2ccccc2)n1. The van der Waals surface area contributed by atoms with Crippen molar-refractivity contribution in [3.63, 3.8) is 0 Å². The zero-order valence-corrected chi connectivity index (χ0v) is 9.98. The van der Waals surface area contributed by atoms with Crippen molar-refractivity contribution in [3.05, 3.63) is 48.4 Å². The fourth-order valence-corrected chi connectivity index (χ4v) is 2.00. The molecule has 1 heterocycles. The van der Waals surface area contributed by atoms with E-state index in [1.807, 2.05) is 30.3 Å². The van der Waals surface area contributed by atoms with Gasteiger partial charge in [0.2, 0.25) is 0 Å². The van der Waals surface area contributed by atoms with E-state index in [1.54, 1.807) is 6.20 Å². The van der Waals surface area contributed by atoms with Crippen molar-refractivity contribution in [2.45, 2.75) is 9.92 Å². The van der Waals surface area contributed by atoms with Crippen LogP contribution in [0.3, 0.4) is 0 Å². The molecular weight excluding hydrogens is 236 g/mol. The minimum Gasteiger partial charge on any atom is -0.464 e. The fourth-order valence-electron chi connectivity index (χ4n) is 1.21. The average molecular weight is 246 g/mol. The topological polar surface area (TPSA) is 52.1 Å². The highest BCUT2D eigenvalue weighted by molar-refractivity contribution is 7.99. The second kappa shape index (κ2) is 5.45. The lowest BCUT2D eigenvalue weighted by Gasteiger charge is -2.02. The van der Waals surface area contributed by atoms with E-state index in [4.69, 9.17) is 0 Å². The number of nitrogens with zero attached hydrogens (tertiary/aromatic N) is 2. The predicted molar refractivity (Wildman–Crippen MR) is 63.9 cm³/mol. The van der Waals surface area contributed by atoms with Gasteiger partial charge in [-0.1, -0.05) is 30.0 Å². The number of benzene rings is 1. The first-order valence-electron chi connectivity index (χ1n) is 4.93. The Hall–Kier alpha value is -1.88. The summed E-state index contributed by atoms with van der Waals surface area (Å²) in [7, 11) is 1.32. The Balaban J connectivity index is 2.20. The molecule has 0 aliphatic heterocycles. The van der Waals surface area contributed by atoms with Gasteiger partial charge in [-0.3, -0.25) is 4.98 Å². The molecule has 0 unspecified atom stereocenters. The molecule has 0 N–H and O–H groups in total. The average Bonchev–Trinajstić information content (AvgIpc) is 2.39. The van der Waals surface area contributed by atoms with Gasteiger partial charge in [-0.15, -0.1) is 0 Å². The third kappa shape index (κ3) is 3.04. The molecule has 0 atom stereocenters. The third-order valence-corrected chi connectivity index (χ3v) is 2.89. The lowest BCUT2D eigenvalue weighted by Crippen LogP contribution is -2.05. The van der Waals surface area contributed by atoms with Crippen LogP contribution < -0.4 is 0 Å². The van der Waals surface area contributed by atoms with Crippen molar-refractivity contribution in [3.8, 4) is 0 Å². The Bertz CT molecular complexity index is 517. The van der Waals surface area contributed by atoms with Gasteiger partial charge in [0.15, 0.2) is 5.69 Å². The van der Waals surface area contributed by atoms with Crippen LogP contribution in [0.1, 0.15) is 10.5 Å². The molecule has 1 aromatic carbocycles. The maximum Gasteiger partial charge on any atom is 0.358 e. The molecule has 1 aromatic heterocycles. The van der Waals surface area contributed by atoms with E-state index in [1.165, 1.54) is 25.1 Å². The molecule has 0 saturated heterocycles. The maximum atomic E-state index is 11.3. The first-order valence-corrected chi connectivity index (χ1v) is 5.74. The summed E-state index contributed by atoms with van der Waals surface area (Å²) in [4.78, 5) is 20.5. The van der Waals surface area contributed by atoms with Crippen LogP contribution in [-0.2, 0) is 4.74 Å². The normalized spacial score (nSPS) is 9.94. The van der Waals surface area contributed by atoms with Gasteiger partial charge in [-0.25, -0.2) is 9.78 Å². The van der Waals surface area contributed by atoms with E-state index in [-0.39, 0.29) is 5.69 Å². The van der Waals surface area contributed by atoms with Gasteiger partial charge in [-0.05, 0) is 12.1 Å². The monoisotopic (exact) mass is 246 g/mol. The molecule has 0 bridgehead atoms. The van der Waals surface area contributed by atoms with Crippen molar-refractivity contribution in [1.29, 1.82) is 0 Å². The van der Waals surface area contributed by atoms with E-state index < -0.39 is 5.97 Å². The number of hydrogen-bond acceptors (Lipinski definition) is 5. The summed E-state index contributed by atoms with van der Waals surface area (Å²) in [5, 5.41) is 0.666. The first-order chi connectivity index (χ1) is 8.29. The van der Waals surface area contributed by atoms with Gasteiger partial charge in [0.05, 0.1) is 19.5 Å². The van der Waals surface area contributed by atoms with Crippen LogP contribution in [0.2, 0.25) is 0 Å². The number of hydrogen-bond donors (Lipinski definition) is 0. The smallest absolute Gasteiger partial charge is 0.358 e. The summed E-state index contributed by atoms with van der Waals surface area (Å²) >= 11 is 1.45. The lowest BCUT2D eigenvalue weighted by atomic mass is 10.4. The number of carbonyl (C=O) groups is 1. The quantitative estimate of drug-likeness (QED) is 0.778. The minimum atomic E-state index is -0.479. The highest BCUT2D eigenvalue weighted by Gasteiger charge is 2.08. The van der Waals surface area contributed by atoms with Crippen LogP contribution in [0.5, 0.6) is 0 Å². The number of aromatic nitrogens is 2. The molecule has 86 valence electrons. The Morgan fingerprint density at radius 3 is 2.71 bits per heavy atom. The Kier molecular flexibility index (Phi) is 3.72. The van der Waals surface area contributed by atoms with Crippen molar-refractivity contribution in [2.75, 3.05) is 7.11 Å². The van der Waals surface area contributed by atoms with Gasteiger partial charge >= 0.3 is 5.97 Å². The summed E-state index contributed by atoms with van der Waals surface area (Å²) in [5.41, 5.74) is 0.216. The van der Waals surface area contributed by atoms with E-state index in [0.29, 0.717) is 5.03 Å². The van der Waals surface area contributed by atoms with Gasteiger partial charge in [-0.2, -0.15) is 0 Å². The van der Waals surface area contributed by atoms with Crippen molar-refractivity contribution >= 4 is 17.7 Å². The second-order valence-corrected chi connectivity index (χ2v) is 4.24. The van der Waals surface area contributed by atoms with Crippen LogP contribution in [-0.4, -0.2) is 23.0 Å². The number of ether oxygens (including phenoxy) is 1. The molecule has 2 rings (SSSR count). The first kappa shape index (κ1) is 11.6. The molecule has 0 aliphatic rings. The van der Waals surface area contributed by atoms with Crippen LogP contribution in [0.25, 0.3) is 0 Å². The standard InChI is InChI=1S/C12H10N2O2S/c1-16-12(15)10-7-13-8-11(14-10)17-9-5-3-2-4-6-9/h2-8H,1H3. The van der Waals surface area contributed by atoms with Crippen molar-refractivity contribution in [1.82, 2.24) is 9.97 Å². The number of carbonyl (C=O) groups excluding carboxylic acids is 1. The van der Waals surface area contributed by atoms with Gasteiger partial charge in [0.1, 0.15) is 5.03 Å². The van der Waals surface area contributed by atoms with Gasteiger partial charge in [0.25, 0.3) is 0 Å². The molecule has 0 amide bonds. The van der Waals surface area contributed by atoms with Crippen molar-refractivity contribution in [2.24, 2.45) is 0 Å². The van der Waals surface area contributed by atoms with Gasteiger partial charge in [0, 0.05) is 4.90 Å². The maximum absolute atomic E-state index is 11.3. The number of methoxy groups -OCH3 is 1. The van der Waals surface area contributed by atoms with Gasteiger partial charge < -0.3 is 4.74 Å². The van der Waals surface area contributed by atoms with Crippen LogP contribution in [0.4, 0.5) is 0 Å². The fraction of sp³-hybridized carbons (Fsp3) is 0.0833. The highest BCUT2D eigenvalue weighted by atomic mass is 32.2. The van der Waals surface area contributed by atoms with E-state index >= 15 is 0 Å². The molecule has 0 aliphatic carbocycles.